The molecular weight excluding hydrogens is 222 g/mol. The van der Waals surface area contributed by atoms with Gasteiger partial charge in [-0.25, -0.2) is 4.98 Å². The summed E-state index contributed by atoms with van der Waals surface area (Å²) in [6.45, 7) is 0.805. The highest BCUT2D eigenvalue weighted by Gasteiger charge is 2.29. The smallest absolute Gasteiger partial charge is 0.244 e. The molecule has 7 nitrogen and oxygen atoms in total. The Hall–Kier alpha value is -1.73. The largest absolute Gasteiger partial charge is 0.380 e. The molecule has 0 spiro atoms. The van der Waals surface area contributed by atoms with Gasteiger partial charge in [0.2, 0.25) is 11.7 Å². The number of hydrogen-bond acceptors (Lipinski definition) is 6. The summed E-state index contributed by atoms with van der Waals surface area (Å²) in [5.74, 6) is 1.67. The summed E-state index contributed by atoms with van der Waals surface area (Å²) in [6, 6.07) is 0.0659. The lowest BCUT2D eigenvalue weighted by atomic mass is 10.2. The van der Waals surface area contributed by atoms with Gasteiger partial charge < -0.3 is 19.6 Å². The Kier molecular flexibility index (Phi) is 2.62. The zero-order valence-corrected chi connectivity index (χ0v) is 9.38. The number of rotatable bonds is 3. The van der Waals surface area contributed by atoms with Crippen LogP contribution in [0.1, 0.15) is 18.4 Å². The minimum absolute atomic E-state index is 0.0659. The highest BCUT2D eigenvalue weighted by Crippen LogP contribution is 2.24. The van der Waals surface area contributed by atoms with Crippen LogP contribution < -0.4 is 5.32 Å². The van der Waals surface area contributed by atoms with Crippen molar-refractivity contribution in [2.24, 2.45) is 0 Å². The zero-order valence-electron chi connectivity index (χ0n) is 9.38. The molecule has 0 amide bonds. The number of ether oxygens (including phenoxy) is 1. The summed E-state index contributed by atoms with van der Waals surface area (Å²) in [6.07, 6.45) is 4.43. The van der Waals surface area contributed by atoms with Crippen molar-refractivity contribution in [1.29, 1.82) is 0 Å². The first-order chi connectivity index (χ1) is 8.36. The SMILES string of the molecule is CO[C@@H]1CN[C@@H](c2nc(-c3ncc[nH]3)no2)C1. The third-order valence-electron chi connectivity index (χ3n) is 2.87. The van der Waals surface area contributed by atoms with Crippen LogP contribution in [0.15, 0.2) is 16.9 Å². The predicted molar refractivity (Wildman–Crippen MR) is 58.0 cm³/mol. The van der Waals surface area contributed by atoms with Gasteiger partial charge in [0, 0.05) is 26.0 Å². The minimum Gasteiger partial charge on any atom is -0.380 e. The van der Waals surface area contributed by atoms with Gasteiger partial charge in [-0.3, -0.25) is 0 Å². The van der Waals surface area contributed by atoms with E-state index < -0.39 is 0 Å². The van der Waals surface area contributed by atoms with Crippen LogP contribution in [0.5, 0.6) is 0 Å². The molecule has 2 atom stereocenters. The third-order valence-corrected chi connectivity index (χ3v) is 2.87. The number of nitrogens with zero attached hydrogens (tertiary/aromatic N) is 3. The molecule has 7 heteroatoms. The molecule has 17 heavy (non-hydrogen) atoms. The van der Waals surface area contributed by atoms with Crippen LogP contribution in [0.2, 0.25) is 0 Å². The number of hydrogen-bond donors (Lipinski definition) is 2. The summed E-state index contributed by atoms with van der Waals surface area (Å²) in [4.78, 5) is 11.3. The Morgan fingerprint density at radius 3 is 3.18 bits per heavy atom. The molecule has 1 aliphatic heterocycles. The van der Waals surface area contributed by atoms with Gasteiger partial charge in [0.1, 0.15) is 0 Å². The van der Waals surface area contributed by atoms with E-state index in [9.17, 15) is 0 Å². The Bertz CT molecular complexity index is 481. The molecular formula is C10H13N5O2. The van der Waals surface area contributed by atoms with Gasteiger partial charge in [-0.1, -0.05) is 5.16 Å². The topological polar surface area (TPSA) is 88.9 Å². The fourth-order valence-electron chi connectivity index (χ4n) is 1.93. The van der Waals surface area contributed by atoms with Crippen LogP contribution in [0.25, 0.3) is 11.6 Å². The van der Waals surface area contributed by atoms with E-state index >= 15 is 0 Å². The molecule has 0 radical (unpaired) electrons. The second kappa shape index (κ2) is 4.27. The molecule has 1 saturated heterocycles. The van der Waals surface area contributed by atoms with E-state index in [1.165, 1.54) is 0 Å². The van der Waals surface area contributed by atoms with E-state index in [1.54, 1.807) is 19.5 Å². The van der Waals surface area contributed by atoms with E-state index in [4.69, 9.17) is 9.26 Å². The van der Waals surface area contributed by atoms with Crippen LogP contribution in [0.3, 0.4) is 0 Å². The van der Waals surface area contributed by atoms with Crippen molar-refractivity contribution < 1.29 is 9.26 Å². The van der Waals surface area contributed by atoms with Crippen molar-refractivity contribution in [3.63, 3.8) is 0 Å². The fourth-order valence-corrected chi connectivity index (χ4v) is 1.93. The maximum atomic E-state index is 5.27. The lowest BCUT2D eigenvalue weighted by Crippen LogP contribution is -2.16. The van der Waals surface area contributed by atoms with E-state index in [0.717, 1.165) is 13.0 Å². The molecule has 90 valence electrons. The number of imidazole rings is 1. The Morgan fingerprint density at radius 1 is 1.53 bits per heavy atom. The van der Waals surface area contributed by atoms with Crippen LogP contribution in [0.4, 0.5) is 0 Å². The van der Waals surface area contributed by atoms with Crippen LogP contribution in [-0.2, 0) is 4.74 Å². The second-order valence-electron chi connectivity index (χ2n) is 3.95. The Balaban J connectivity index is 1.77. The van der Waals surface area contributed by atoms with E-state index in [2.05, 4.69) is 25.4 Å². The standard InChI is InChI=1S/C10H13N5O2/c1-16-6-4-7(13-5-6)10-14-9(15-17-10)8-11-2-3-12-8/h2-3,6-7,13H,4-5H2,1H3,(H,11,12)/t6-,7+/m0/s1. The molecule has 0 unspecified atom stereocenters. The number of H-pyrrole nitrogens is 1. The fraction of sp³-hybridized carbons (Fsp3) is 0.500. The first-order valence-electron chi connectivity index (χ1n) is 5.46. The molecule has 2 aromatic heterocycles. The third kappa shape index (κ3) is 1.94. The van der Waals surface area contributed by atoms with Gasteiger partial charge in [-0.15, -0.1) is 0 Å². The average molecular weight is 235 g/mol. The number of nitrogens with one attached hydrogen (secondary N) is 2. The number of aromatic amines is 1. The average Bonchev–Trinajstić information content (AvgIpc) is 3.09. The Labute approximate surface area is 97.6 Å². The quantitative estimate of drug-likeness (QED) is 0.805. The highest BCUT2D eigenvalue weighted by atomic mass is 16.5. The first-order valence-corrected chi connectivity index (χ1v) is 5.46. The molecule has 2 aromatic rings. The highest BCUT2D eigenvalue weighted by molar-refractivity contribution is 5.40. The molecule has 0 aliphatic carbocycles. The molecule has 2 N–H and O–H groups in total. The molecule has 0 saturated carbocycles. The van der Waals surface area contributed by atoms with Gasteiger partial charge in [-0.05, 0) is 6.42 Å². The monoisotopic (exact) mass is 235 g/mol. The maximum Gasteiger partial charge on any atom is 0.244 e. The van der Waals surface area contributed by atoms with Crippen molar-refractivity contribution in [3.05, 3.63) is 18.3 Å². The van der Waals surface area contributed by atoms with Gasteiger partial charge in [0.15, 0.2) is 5.82 Å². The van der Waals surface area contributed by atoms with Gasteiger partial charge in [0.25, 0.3) is 0 Å². The minimum atomic E-state index is 0.0659. The van der Waals surface area contributed by atoms with Crippen molar-refractivity contribution >= 4 is 0 Å². The van der Waals surface area contributed by atoms with Crippen LogP contribution >= 0.6 is 0 Å². The number of methoxy groups -OCH3 is 1. The van der Waals surface area contributed by atoms with E-state index in [0.29, 0.717) is 17.5 Å². The molecule has 1 aliphatic rings. The van der Waals surface area contributed by atoms with Crippen LogP contribution in [0, 0.1) is 0 Å². The molecule has 0 bridgehead atoms. The van der Waals surface area contributed by atoms with E-state index in [1.807, 2.05) is 0 Å². The summed E-state index contributed by atoms with van der Waals surface area (Å²) in [5, 5.41) is 7.17. The van der Waals surface area contributed by atoms with Crippen molar-refractivity contribution in [1.82, 2.24) is 25.4 Å². The van der Waals surface area contributed by atoms with Gasteiger partial charge >= 0.3 is 0 Å². The molecule has 3 rings (SSSR count). The molecule has 0 aromatic carbocycles. The first kappa shape index (κ1) is 10.4. The summed E-state index contributed by atoms with van der Waals surface area (Å²) in [5.41, 5.74) is 0. The summed E-state index contributed by atoms with van der Waals surface area (Å²) >= 11 is 0. The molecule has 3 heterocycles. The van der Waals surface area contributed by atoms with Crippen molar-refractivity contribution in [2.75, 3.05) is 13.7 Å². The Morgan fingerprint density at radius 2 is 2.47 bits per heavy atom. The lowest BCUT2D eigenvalue weighted by Gasteiger charge is -2.04. The normalized spacial score (nSPS) is 24.3. The zero-order chi connectivity index (χ0) is 11.7. The maximum absolute atomic E-state index is 5.27. The van der Waals surface area contributed by atoms with Gasteiger partial charge in [-0.2, -0.15) is 4.98 Å². The summed E-state index contributed by atoms with van der Waals surface area (Å²) < 4.78 is 10.5. The second-order valence-corrected chi connectivity index (χ2v) is 3.95. The van der Waals surface area contributed by atoms with Crippen molar-refractivity contribution in [2.45, 2.75) is 18.6 Å². The predicted octanol–water partition coefficient (Wildman–Crippen LogP) is 0.509. The van der Waals surface area contributed by atoms with Crippen molar-refractivity contribution in [3.8, 4) is 11.6 Å². The van der Waals surface area contributed by atoms with Crippen LogP contribution in [-0.4, -0.2) is 39.9 Å². The summed E-state index contributed by atoms with van der Waals surface area (Å²) in [7, 11) is 1.71. The van der Waals surface area contributed by atoms with E-state index in [-0.39, 0.29) is 12.1 Å². The molecule has 1 fully saturated rings. The van der Waals surface area contributed by atoms with Gasteiger partial charge in [0.05, 0.1) is 12.1 Å². The number of aromatic nitrogens is 4. The lowest BCUT2D eigenvalue weighted by molar-refractivity contribution is 0.116.